The van der Waals surface area contributed by atoms with E-state index in [0.717, 1.165) is 0 Å². The van der Waals surface area contributed by atoms with E-state index in [4.69, 9.17) is 4.74 Å². The molecule has 0 radical (unpaired) electrons. The zero-order valence-electron chi connectivity index (χ0n) is 7.65. The molecule has 0 heterocycles. The third-order valence-corrected chi connectivity index (χ3v) is 1.58. The molecule has 0 aromatic heterocycles. The van der Waals surface area contributed by atoms with Gasteiger partial charge in [0.15, 0.2) is 0 Å². The number of benzene rings is 1. The summed E-state index contributed by atoms with van der Waals surface area (Å²) in [5.74, 6) is 0.276. The molecule has 0 spiro atoms. The van der Waals surface area contributed by atoms with Gasteiger partial charge in [-0.3, -0.25) is 4.79 Å². The van der Waals surface area contributed by atoms with Crippen LogP contribution in [0.2, 0.25) is 0 Å². The smallest absolute Gasteiger partial charge is 0.280 e. The van der Waals surface area contributed by atoms with Gasteiger partial charge in [-0.2, -0.15) is 0 Å². The molecule has 0 fully saturated rings. The fourth-order valence-electron chi connectivity index (χ4n) is 1.01. The first-order chi connectivity index (χ1) is 6.29. The molecule has 68 valence electrons. The van der Waals surface area contributed by atoms with Gasteiger partial charge in [-0.05, 0) is 19.1 Å². The summed E-state index contributed by atoms with van der Waals surface area (Å²) >= 11 is 0. The highest BCUT2D eigenvalue weighted by Crippen LogP contribution is 2.17. The van der Waals surface area contributed by atoms with E-state index in [2.05, 4.69) is 4.99 Å². The number of para-hydroxylation sites is 1. The number of rotatable bonds is 2. The number of amides is 1. The fourth-order valence-corrected chi connectivity index (χ4v) is 1.01. The summed E-state index contributed by atoms with van der Waals surface area (Å²) in [5, 5.41) is 0. The van der Waals surface area contributed by atoms with Crippen molar-refractivity contribution < 1.29 is 9.53 Å². The number of nitrogens with zero attached hydrogens (tertiary/aromatic N) is 1. The minimum Gasteiger partial charge on any atom is -0.496 e. The first kappa shape index (κ1) is 9.45. The Morgan fingerprint density at radius 3 is 2.77 bits per heavy atom. The number of hydrogen-bond acceptors (Lipinski definition) is 2. The summed E-state index contributed by atoms with van der Waals surface area (Å²) < 4.78 is 5.02. The molecule has 0 aliphatic heterocycles. The Morgan fingerprint density at radius 1 is 1.46 bits per heavy atom. The molecule has 13 heavy (non-hydrogen) atoms. The Kier molecular flexibility index (Phi) is 3.20. The lowest BCUT2D eigenvalue weighted by molar-refractivity contribution is 0.100. The van der Waals surface area contributed by atoms with Crippen LogP contribution in [0.5, 0.6) is 5.75 Å². The van der Waals surface area contributed by atoms with Crippen molar-refractivity contribution in [3.63, 3.8) is 0 Å². The predicted molar refractivity (Wildman–Crippen MR) is 51.5 cm³/mol. The second-order valence-electron chi connectivity index (χ2n) is 2.39. The van der Waals surface area contributed by atoms with Gasteiger partial charge >= 0.3 is 0 Å². The molecule has 1 aromatic carbocycles. The molecule has 0 saturated carbocycles. The van der Waals surface area contributed by atoms with Gasteiger partial charge in [-0.1, -0.05) is 12.1 Å². The van der Waals surface area contributed by atoms with Crippen LogP contribution in [-0.4, -0.2) is 19.2 Å². The number of methoxy groups -OCH3 is 1. The van der Waals surface area contributed by atoms with Crippen LogP contribution in [0.15, 0.2) is 29.3 Å². The highest BCUT2D eigenvalue weighted by molar-refractivity contribution is 6.00. The van der Waals surface area contributed by atoms with Crippen molar-refractivity contribution in [1.29, 1.82) is 0 Å². The summed E-state index contributed by atoms with van der Waals surface area (Å²) in [6.07, 6.45) is 1.47. The lowest BCUT2D eigenvalue weighted by Crippen LogP contribution is -1.98. The van der Waals surface area contributed by atoms with Gasteiger partial charge in [0, 0.05) is 6.21 Å². The lowest BCUT2D eigenvalue weighted by atomic mass is 10.2. The van der Waals surface area contributed by atoms with E-state index in [-0.39, 0.29) is 5.91 Å². The summed E-state index contributed by atoms with van der Waals surface area (Å²) in [5.41, 5.74) is 0.489. The van der Waals surface area contributed by atoms with Crippen LogP contribution in [0.3, 0.4) is 0 Å². The molecule has 3 nitrogen and oxygen atoms in total. The van der Waals surface area contributed by atoms with Crippen LogP contribution >= 0.6 is 0 Å². The van der Waals surface area contributed by atoms with Crippen molar-refractivity contribution in [2.45, 2.75) is 6.92 Å². The van der Waals surface area contributed by atoms with Gasteiger partial charge in [-0.25, -0.2) is 4.99 Å². The Balaban J connectivity index is 3.05. The average molecular weight is 177 g/mol. The van der Waals surface area contributed by atoms with E-state index < -0.39 is 0 Å². The third kappa shape index (κ3) is 2.15. The Labute approximate surface area is 77.1 Å². The maximum atomic E-state index is 11.3. The largest absolute Gasteiger partial charge is 0.496 e. The van der Waals surface area contributed by atoms with Crippen molar-refractivity contribution in [3.05, 3.63) is 29.8 Å². The van der Waals surface area contributed by atoms with Gasteiger partial charge < -0.3 is 4.74 Å². The van der Waals surface area contributed by atoms with Gasteiger partial charge in [0.1, 0.15) is 5.75 Å². The molecule has 0 atom stereocenters. The van der Waals surface area contributed by atoms with Crippen LogP contribution in [0.25, 0.3) is 0 Å². The van der Waals surface area contributed by atoms with Crippen LogP contribution in [0, 0.1) is 0 Å². The van der Waals surface area contributed by atoms with Crippen molar-refractivity contribution in [3.8, 4) is 5.75 Å². The Bertz CT molecular complexity index is 331. The normalized spacial score (nSPS) is 10.3. The molecule has 1 rings (SSSR count). The van der Waals surface area contributed by atoms with Gasteiger partial charge in [-0.15, -0.1) is 0 Å². The monoisotopic (exact) mass is 177 g/mol. The topological polar surface area (TPSA) is 38.7 Å². The summed E-state index contributed by atoms with van der Waals surface area (Å²) in [6.45, 7) is 1.70. The standard InChI is InChI=1S/C10H11NO2/c1-3-11-10(12)8-6-4-5-7-9(8)13-2/h3-7H,1-2H3/b11-3+. The number of aliphatic imine (C=N–C) groups is 1. The predicted octanol–water partition coefficient (Wildman–Crippen LogP) is 1.93. The van der Waals surface area contributed by atoms with E-state index in [9.17, 15) is 4.79 Å². The van der Waals surface area contributed by atoms with Crippen molar-refractivity contribution >= 4 is 12.1 Å². The second-order valence-corrected chi connectivity index (χ2v) is 2.39. The molecule has 0 aliphatic rings. The Morgan fingerprint density at radius 2 is 2.15 bits per heavy atom. The summed E-state index contributed by atoms with van der Waals surface area (Å²) in [4.78, 5) is 15.0. The SMILES string of the molecule is C/C=N/C(=O)c1ccccc1OC. The molecular formula is C10H11NO2. The zero-order chi connectivity index (χ0) is 9.68. The highest BCUT2D eigenvalue weighted by Gasteiger charge is 2.08. The number of carbonyl (C=O) groups is 1. The van der Waals surface area contributed by atoms with Gasteiger partial charge in [0.05, 0.1) is 12.7 Å². The van der Waals surface area contributed by atoms with Crippen molar-refractivity contribution in [1.82, 2.24) is 0 Å². The molecular weight excluding hydrogens is 166 g/mol. The maximum absolute atomic E-state index is 11.3. The van der Waals surface area contributed by atoms with Crippen molar-refractivity contribution in [2.24, 2.45) is 4.99 Å². The molecule has 1 amide bonds. The molecule has 0 saturated heterocycles. The quantitative estimate of drug-likeness (QED) is 0.647. The van der Waals surface area contributed by atoms with Crippen LogP contribution in [-0.2, 0) is 0 Å². The maximum Gasteiger partial charge on any atom is 0.280 e. The zero-order valence-corrected chi connectivity index (χ0v) is 7.65. The van der Waals surface area contributed by atoms with E-state index in [0.29, 0.717) is 11.3 Å². The van der Waals surface area contributed by atoms with E-state index in [1.807, 2.05) is 6.07 Å². The fraction of sp³-hybridized carbons (Fsp3) is 0.200. The van der Waals surface area contributed by atoms with Gasteiger partial charge in [0.2, 0.25) is 0 Å². The second kappa shape index (κ2) is 4.40. The van der Waals surface area contributed by atoms with Crippen LogP contribution < -0.4 is 4.74 Å². The van der Waals surface area contributed by atoms with E-state index in [1.54, 1.807) is 25.1 Å². The molecule has 0 aliphatic carbocycles. The molecule has 0 N–H and O–H groups in total. The third-order valence-electron chi connectivity index (χ3n) is 1.58. The summed E-state index contributed by atoms with van der Waals surface area (Å²) in [7, 11) is 1.53. The highest BCUT2D eigenvalue weighted by atomic mass is 16.5. The molecule has 0 unspecified atom stereocenters. The average Bonchev–Trinajstić information content (AvgIpc) is 2.18. The Hall–Kier alpha value is -1.64. The lowest BCUT2D eigenvalue weighted by Gasteiger charge is -2.03. The van der Waals surface area contributed by atoms with Crippen molar-refractivity contribution in [2.75, 3.05) is 7.11 Å². The summed E-state index contributed by atoms with van der Waals surface area (Å²) in [6, 6.07) is 7.01. The number of ether oxygens (including phenoxy) is 1. The van der Waals surface area contributed by atoms with E-state index >= 15 is 0 Å². The molecule has 0 bridgehead atoms. The first-order valence-corrected chi connectivity index (χ1v) is 3.95. The first-order valence-electron chi connectivity index (χ1n) is 3.95. The minimum atomic E-state index is -0.278. The number of carbonyl (C=O) groups excluding carboxylic acids is 1. The van der Waals surface area contributed by atoms with Crippen LogP contribution in [0.4, 0.5) is 0 Å². The van der Waals surface area contributed by atoms with E-state index in [1.165, 1.54) is 13.3 Å². The molecule has 1 aromatic rings. The van der Waals surface area contributed by atoms with Crippen LogP contribution in [0.1, 0.15) is 17.3 Å². The number of hydrogen-bond donors (Lipinski definition) is 0. The minimum absolute atomic E-state index is 0.278. The molecule has 3 heteroatoms. The van der Waals surface area contributed by atoms with Gasteiger partial charge in [0.25, 0.3) is 5.91 Å².